The minimum Gasteiger partial charge on any atom is -0.361 e. The number of nitrogens with zero attached hydrogens (tertiary/aromatic N) is 1. The maximum Gasteiger partial charge on any atom is 0.183 e. The van der Waals surface area contributed by atoms with Crippen LogP contribution in [0.5, 0.6) is 0 Å². The molecule has 2 nitrogen and oxygen atoms in total. The molecule has 84 valence electrons. The molecule has 0 amide bonds. The zero-order chi connectivity index (χ0) is 10.9. The normalized spacial score (nSPS) is 17.8. The quantitative estimate of drug-likeness (QED) is 0.824. The molecule has 2 rings (SSSR count). The first-order chi connectivity index (χ1) is 7.15. The van der Waals surface area contributed by atoms with Crippen LogP contribution in [0.3, 0.4) is 0 Å². The molecule has 3 heteroatoms. The molecule has 0 unspecified atom stereocenters. The number of rotatable bonds is 5. The molecule has 1 aliphatic rings. The molecule has 0 radical (unpaired) electrons. The molecule has 1 N–H and O–H groups in total. The SMILES string of the molecule is CCCC1(CNc2nc(C)c(C)s2)CC1. The Bertz CT molecular complexity index is 320. The van der Waals surface area contributed by atoms with Gasteiger partial charge in [-0.15, -0.1) is 11.3 Å². The van der Waals surface area contributed by atoms with Crippen LogP contribution in [0.1, 0.15) is 43.2 Å². The highest BCUT2D eigenvalue weighted by Gasteiger charge is 2.41. The Morgan fingerprint density at radius 2 is 2.13 bits per heavy atom. The molecule has 0 saturated heterocycles. The average Bonchev–Trinajstić information content (AvgIpc) is 2.88. The number of hydrogen-bond donors (Lipinski definition) is 1. The summed E-state index contributed by atoms with van der Waals surface area (Å²) >= 11 is 1.78. The summed E-state index contributed by atoms with van der Waals surface area (Å²) in [7, 11) is 0. The lowest BCUT2D eigenvalue weighted by Crippen LogP contribution is -2.14. The van der Waals surface area contributed by atoms with Gasteiger partial charge in [-0.2, -0.15) is 0 Å². The van der Waals surface area contributed by atoms with Crippen molar-refractivity contribution in [3.05, 3.63) is 10.6 Å². The Morgan fingerprint density at radius 1 is 1.40 bits per heavy atom. The van der Waals surface area contributed by atoms with Crippen molar-refractivity contribution in [2.24, 2.45) is 5.41 Å². The van der Waals surface area contributed by atoms with Gasteiger partial charge in [-0.05, 0) is 38.5 Å². The molecule has 0 aromatic carbocycles. The third-order valence-electron chi connectivity index (χ3n) is 3.38. The van der Waals surface area contributed by atoms with Gasteiger partial charge in [0.15, 0.2) is 5.13 Å². The summed E-state index contributed by atoms with van der Waals surface area (Å²) < 4.78 is 0. The lowest BCUT2D eigenvalue weighted by atomic mass is 10.0. The molecule has 1 fully saturated rings. The van der Waals surface area contributed by atoms with Crippen LogP contribution in [0.15, 0.2) is 0 Å². The topological polar surface area (TPSA) is 24.9 Å². The molecule has 1 aliphatic carbocycles. The molecule has 0 bridgehead atoms. The van der Waals surface area contributed by atoms with Gasteiger partial charge in [0, 0.05) is 11.4 Å². The van der Waals surface area contributed by atoms with E-state index >= 15 is 0 Å². The van der Waals surface area contributed by atoms with Crippen LogP contribution in [0.25, 0.3) is 0 Å². The van der Waals surface area contributed by atoms with Crippen LogP contribution in [0.4, 0.5) is 5.13 Å². The lowest BCUT2D eigenvalue weighted by Gasteiger charge is -2.13. The van der Waals surface area contributed by atoms with E-state index in [1.807, 2.05) is 0 Å². The van der Waals surface area contributed by atoms with Gasteiger partial charge in [0.05, 0.1) is 5.69 Å². The fraction of sp³-hybridized carbons (Fsp3) is 0.750. The largest absolute Gasteiger partial charge is 0.361 e. The summed E-state index contributed by atoms with van der Waals surface area (Å²) in [5, 5.41) is 4.61. The molecule has 1 aromatic heterocycles. The number of nitrogens with one attached hydrogen (secondary N) is 1. The maximum absolute atomic E-state index is 4.51. The van der Waals surface area contributed by atoms with Crippen molar-refractivity contribution < 1.29 is 0 Å². The molecular weight excluding hydrogens is 204 g/mol. The number of hydrogen-bond acceptors (Lipinski definition) is 3. The van der Waals surface area contributed by atoms with E-state index in [1.54, 1.807) is 11.3 Å². The summed E-state index contributed by atoms with van der Waals surface area (Å²) in [6.07, 6.45) is 5.47. The van der Waals surface area contributed by atoms with E-state index in [-0.39, 0.29) is 0 Å². The van der Waals surface area contributed by atoms with Crippen molar-refractivity contribution in [2.75, 3.05) is 11.9 Å². The minimum atomic E-state index is 0.613. The van der Waals surface area contributed by atoms with E-state index < -0.39 is 0 Å². The van der Waals surface area contributed by atoms with Crippen molar-refractivity contribution in [3.63, 3.8) is 0 Å². The van der Waals surface area contributed by atoms with Crippen molar-refractivity contribution in [1.82, 2.24) is 4.98 Å². The molecule has 1 aromatic rings. The number of aryl methyl sites for hydroxylation is 2. The fourth-order valence-corrected chi connectivity index (χ4v) is 2.84. The second-order valence-electron chi connectivity index (χ2n) is 4.76. The summed E-state index contributed by atoms with van der Waals surface area (Å²) in [4.78, 5) is 5.84. The third-order valence-corrected chi connectivity index (χ3v) is 4.41. The monoisotopic (exact) mass is 224 g/mol. The van der Waals surface area contributed by atoms with Gasteiger partial charge in [-0.3, -0.25) is 0 Å². The fourth-order valence-electron chi connectivity index (χ4n) is 2.03. The third kappa shape index (κ3) is 2.51. The summed E-state index contributed by atoms with van der Waals surface area (Å²) in [5.74, 6) is 0. The van der Waals surface area contributed by atoms with Crippen LogP contribution in [0.2, 0.25) is 0 Å². The van der Waals surface area contributed by atoms with Crippen LogP contribution in [0, 0.1) is 19.3 Å². The molecule has 0 atom stereocenters. The highest BCUT2D eigenvalue weighted by atomic mass is 32.1. The molecule has 15 heavy (non-hydrogen) atoms. The molecular formula is C12H20N2S. The molecule has 1 heterocycles. The second-order valence-corrected chi connectivity index (χ2v) is 5.97. The van der Waals surface area contributed by atoms with E-state index in [9.17, 15) is 0 Å². The second kappa shape index (κ2) is 4.12. The van der Waals surface area contributed by atoms with Crippen molar-refractivity contribution in [3.8, 4) is 0 Å². The summed E-state index contributed by atoms with van der Waals surface area (Å²) in [6.45, 7) is 7.61. The summed E-state index contributed by atoms with van der Waals surface area (Å²) in [6, 6.07) is 0. The number of aromatic nitrogens is 1. The zero-order valence-corrected chi connectivity index (χ0v) is 10.7. The van der Waals surface area contributed by atoms with Crippen LogP contribution in [-0.4, -0.2) is 11.5 Å². The van der Waals surface area contributed by atoms with Gasteiger partial charge < -0.3 is 5.32 Å². The van der Waals surface area contributed by atoms with Crippen molar-refractivity contribution >= 4 is 16.5 Å². The minimum absolute atomic E-state index is 0.613. The standard InChI is InChI=1S/C12H20N2S/c1-4-5-12(6-7-12)8-13-11-14-9(2)10(3)15-11/h4-8H2,1-3H3,(H,13,14). The van der Waals surface area contributed by atoms with E-state index in [0.717, 1.165) is 11.7 Å². The van der Waals surface area contributed by atoms with Crippen LogP contribution < -0.4 is 5.32 Å². The van der Waals surface area contributed by atoms with Crippen molar-refractivity contribution in [1.29, 1.82) is 0 Å². The first kappa shape index (κ1) is 10.9. The average molecular weight is 224 g/mol. The van der Waals surface area contributed by atoms with Crippen LogP contribution >= 0.6 is 11.3 Å². The summed E-state index contributed by atoms with van der Waals surface area (Å²) in [5.41, 5.74) is 1.78. The van der Waals surface area contributed by atoms with Gasteiger partial charge >= 0.3 is 0 Å². The first-order valence-electron chi connectivity index (χ1n) is 5.83. The Labute approximate surface area is 96.1 Å². The number of thiazole rings is 1. The van der Waals surface area contributed by atoms with Gasteiger partial charge in [0.1, 0.15) is 0 Å². The maximum atomic E-state index is 4.51. The molecule has 0 aliphatic heterocycles. The number of anilines is 1. The van der Waals surface area contributed by atoms with E-state index in [2.05, 4.69) is 31.1 Å². The van der Waals surface area contributed by atoms with E-state index in [1.165, 1.54) is 36.3 Å². The van der Waals surface area contributed by atoms with E-state index in [4.69, 9.17) is 0 Å². The van der Waals surface area contributed by atoms with E-state index in [0.29, 0.717) is 5.41 Å². The van der Waals surface area contributed by atoms with Gasteiger partial charge in [-0.1, -0.05) is 13.3 Å². The Hall–Kier alpha value is -0.570. The Kier molecular flexibility index (Phi) is 3.01. The van der Waals surface area contributed by atoms with Gasteiger partial charge in [-0.25, -0.2) is 4.98 Å². The Balaban J connectivity index is 1.88. The zero-order valence-electron chi connectivity index (χ0n) is 9.89. The van der Waals surface area contributed by atoms with Gasteiger partial charge in [0.2, 0.25) is 0 Å². The Morgan fingerprint density at radius 3 is 2.60 bits per heavy atom. The highest BCUT2D eigenvalue weighted by molar-refractivity contribution is 7.15. The van der Waals surface area contributed by atoms with Crippen LogP contribution in [-0.2, 0) is 0 Å². The molecule has 1 saturated carbocycles. The first-order valence-corrected chi connectivity index (χ1v) is 6.65. The smallest absolute Gasteiger partial charge is 0.183 e. The molecule has 0 spiro atoms. The lowest BCUT2D eigenvalue weighted by molar-refractivity contribution is 0.485. The van der Waals surface area contributed by atoms with Gasteiger partial charge in [0.25, 0.3) is 0 Å². The predicted molar refractivity (Wildman–Crippen MR) is 66.7 cm³/mol. The van der Waals surface area contributed by atoms with Crippen molar-refractivity contribution in [2.45, 2.75) is 46.5 Å². The predicted octanol–water partition coefficient (Wildman–Crippen LogP) is 3.75. The highest BCUT2D eigenvalue weighted by Crippen LogP contribution is 2.49.